The summed E-state index contributed by atoms with van der Waals surface area (Å²) < 4.78 is 3.52. The van der Waals surface area contributed by atoms with Crippen molar-refractivity contribution >= 4 is 16.9 Å². The zero-order valence-electron chi connectivity index (χ0n) is 14.3. The molecule has 0 spiro atoms. The van der Waals surface area contributed by atoms with Gasteiger partial charge >= 0.3 is 5.69 Å². The molecule has 0 saturated heterocycles. The van der Waals surface area contributed by atoms with Crippen LogP contribution in [0.15, 0.2) is 29.1 Å². The van der Waals surface area contributed by atoms with Gasteiger partial charge in [0.25, 0.3) is 0 Å². The molecule has 0 bridgehead atoms. The van der Waals surface area contributed by atoms with E-state index in [0.29, 0.717) is 19.5 Å². The van der Waals surface area contributed by atoms with Crippen LogP contribution in [0.25, 0.3) is 11.0 Å². The fourth-order valence-corrected chi connectivity index (χ4v) is 2.93. The first-order chi connectivity index (χ1) is 11.1. The van der Waals surface area contributed by atoms with E-state index in [4.69, 9.17) is 0 Å². The van der Waals surface area contributed by atoms with Crippen molar-refractivity contribution in [3.8, 4) is 0 Å². The lowest BCUT2D eigenvalue weighted by atomic mass is 10.1. The number of aryl methyl sites for hydroxylation is 2. The molecular weight excluding hydrogens is 290 g/mol. The van der Waals surface area contributed by atoms with Crippen molar-refractivity contribution in [1.29, 1.82) is 0 Å². The fraction of sp³-hybridized carbons (Fsp3) is 0.556. The number of para-hydroxylation sites is 2. The number of carbonyl (C=O) groups is 1. The van der Waals surface area contributed by atoms with Crippen molar-refractivity contribution in [3.63, 3.8) is 0 Å². The monoisotopic (exact) mass is 317 g/mol. The number of rotatable bonds is 8. The summed E-state index contributed by atoms with van der Waals surface area (Å²) in [6.45, 7) is 7.31. The Hall–Kier alpha value is -2.04. The third-order valence-electron chi connectivity index (χ3n) is 4.29. The second kappa shape index (κ2) is 7.99. The molecule has 0 saturated carbocycles. The number of hydrogen-bond donors (Lipinski definition) is 1. The van der Waals surface area contributed by atoms with Crippen LogP contribution in [0.1, 0.15) is 46.5 Å². The number of carbonyl (C=O) groups excluding carboxylic acids is 1. The molecule has 5 nitrogen and oxygen atoms in total. The van der Waals surface area contributed by atoms with Gasteiger partial charge in [0.2, 0.25) is 5.91 Å². The van der Waals surface area contributed by atoms with Crippen LogP contribution in [0.3, 0.4) is 0 Å². The van der Waals surface area contributed by atoms with Crippen molar-refractivity contribution in [3.05, 3.63) is 34.7 Å². The number of hydrogen-bond acceptors (Lipinski definition) is 2. The lowest BCUT2D eigenvalue weighted by Gasteiger charge is -2.14. The highest BCUT2D eigenvalue weighted by Gasteiger charge is 2.14. The maximum atomic E-state index is 12.6. The summed E-state index contributed by atoms with van der Waals surface area (Å²) in [4.78, 5) is 24.7. The smallest absolute Gasteiger partial charge is 0.329 e. The molecule has 2 aromatic rings. The van der Waals surface area contributed by atoms with Gasteiger partial charge in [-0.05, 0) is 31.4 Å². The van der Waals surface area contributed by atoms with Crippen molar-refractivity contribution in [1.82, 2.24) is 14.5 Å². The number of nitrogens with one attached hydrogen (secondary N) is 1. The Kier molecular flexibility index (Phi) is 6.02. The molecule has 126 valence electrons. The predicted molar refractivity (Wildman–Crippen MR) is 93.6 cm³/mol. The summed E-state index contributed by atoms with van der Waals surface area (Å²) in [7, 11) is 0. The van der Waals surface area contributed by atoms with Gasteiger partial charge in [0.1, 0.15) is 0 Å². The van der Waals surface area contributed by atoms with Crippen LogP contribution in [-0.4, -0.2) is 21.1 Å². The third kappa shape index (κ3) is 3.84. The third-order valence-corrected chi connectivity index (χ3v) is 4.29. The van der Waals surface area contributed by atoms with E-state index >= 15 is 0 Å². The molecule has 0 aliphatic heterocycles. The van der Waals surface area contributed by atoms with Crippen LogP contribution in [0.5, 0.6) is 0 Å². The van der Waals surface area contributed by atoms with E-state index in [1.54, 1.807) is 9.13 Å². The summed E-state index contributed by atoms with van der Waals surface area (Å²) in [6, 6.07) is 8.01. The number of nitrogens with zero attached hydrogens (tertiary/aromatic N) is 2. The van der Waals surface area contributed by atoms with Gasteiger partial charge in [-0.2, -0.15) is 0 Å². The average molecular weight is 317 g/mol. The molecule has 1 aromatic heterocycles. The van der Waals surface area contributed by atoms with Gasteiger partial charge < -0.3 is 5.32 Å². The Balaban J connectivity index is 2.19. The molecule has 0 aliphatic carbocycles. The second-order valence-electron chi connectivity index (χ2n) is 5.91. The molecule has 5 heteroatoms. The van der Waals surface area contributed by atoms with Gasteiger partial charge in [-0.15, -0.1) is 0 Å². The standard InChI is InChI=1S/C18H27N3O2/c1-4-12-20-15-9-7-8-10-16(15)21(18(20)23)13-11-17(22)19-14(5-2)6-3/h7-10,14H,4-6,11-13H2,1-3H3,(H,19,22). The molecule has 0 unspecified atom stereocenters. The first-order valence-corrected chi connectivity index (χ1v) is 8.59. The van der Waals surface area contributed by atoms with Crippen LogP contribution in [0, 0.1) is 0 Å². The summed E-state index contributed by atoms with van der Waals surface area (Å²) in [5, 5.41) is 3.02. The van der Waals surface area contributed by atoms with Gasteiger partial charge in [0.15, 0.2) is 0 Å². The SMILES string of the molecule is CCCn1c(=O)n(CCC(=O)NC(CC)CC)c2ccccc21. The minimum absolute atomic E-state index is 0.0120. The summed E-state index contributed by atoms with van der Waals surface area (Å²) in [5.74, 6) is 0.0120. The average Bonchev–Trinajstić information content (AvgIpc) is 2.83. The molecular formula is C18H27N3O2. The Bertz CT molecular complexity index is 711. The number of aromatic nitrogens is 2. The van der Waals surface area contributed by atoms with E-state index in [1.165, 1.54) is 0 Å². The zero-order chi connectivity index (χ0) is 16.8. The van der Waals surface area contributed by atoms with Crippen LogP contribution in [-0.2, 0) is 17.9 Å². The Labute approximate surface area is 137 Å². The van der Waals surface area contributed by atoms with Gasteiger partial charge in [0.05, 0.1) is 11.0 Å². The molecule has 1 aromatic carbocycles. The summed E-state index contributed by atoms with van der Waals surface area (Å²) in [6.07, 6.45) is 3.09. The molecule has 0 radical (unpaired) electrons. The molecule has 0 fully saturated rings. The molecule has 1 amide bonds. The largest absolute Gasteiger partial charge is 0.353 e. The Morgan fingerprint density at radius 3 is 2.13 bits per heavy atom. The van der Waals surface area contributed by atoms with Crippen molar-refractivity contribution in [2.75, 3.05) is 0 Å². The van der Waals surface area contributed by atoms with Gasteiger partial charge in [-0.3, -0.25) is 13.9 Å². The first-order valence-electron chi connectivity index (χ1n) is 8.59. The second-order valence-corrected chi connectivity index (χ2v) is 5.91. The normalized spacial score (nSPS) is 11.3. The van der Waals surface area contributed by atoms with Crippen LogP contribution in [0.4, 0.5) is 0 Å². The maximum absolute atomic E-state index is 12.6. The minimum Gasteiger partial charge on any atom is -0.353 e. The number of fused-ring (bicyclic) bond motifs is 1. The Morgan fingerprint density at radius 2 is 1.61 bits per heavy atom. The van der Waals surface area contributed by atoms with E-state index in [0.717, 1.165) is 30.3 Å². The predicted octanol–water partition coefficient (Wildman–Crippen LogP) is 2.91. The zero-order valence-corrected chi connectivity index (χ0v) is 14.3. The molecule has 1 N–H and O–H groups in total. The van der Waals surface area contributed by atoms with Gasteiger partial charge in [-0.25, -0.2) is 4.79 Å². The molecule has 1 heterocycles. The minimum atomic E-state index is -0.0246. The van der Waals surface area contributed by atoms with E-state index in [1.807, 2.05) is 24.3 Å². The van der Waals surface area contributed by atoms with Crippen molar-refractivity contribution in [2.24, 2.45) is 0 Å². The highest BCUT2D eigenvalue weighted by atomic mass is 16.2. The van der Waals surface area contributed by atoms with Gasteiger partial charge in [0, 0.05) is 25.6 Å². The maximum Gasteiger partial charge on any atom is 0.329 e. The van der Waals surface area contributed by atoms with Crippen LogP contribution in [0.2, 0.25) is 0 Å². The molecule has 0 aliphatic rings. The highest BCUT2D eigenvalue weighted by molar-refractivity contribution is 5.78. The van der Waals surface area contributed by atoms with Crippen molar-refractivity contribution in [2.45, 2.75) is 65.6 Å². The van der Waals surface area contributed by atoms with Crippen LogP contribution < -0.4 is 11.0 Å². The topological polar surface area (TPSA) is 56.0 Å². The number of benzene rings is 1. The van der Waals surface area contributed by atoms with E-state index in [-0.39, 0.29) is 17.6 Å². The fourth-order valence-electron chi connectivity index (χ4n) is 2.93. The highest BCUT2D eigenvalue weighted by Crippen LogP contribution is 2.13. The Morgan fingerprint density at radius 1 is 1.04 bits per heavy atom. The number of imidazole rings is 1. The lowest BCUT2D eigenvalue weighted by Crippen LogP contribution is -2.35. The number of amides is 1. The molecule has 23 heavy (non-hydrogen) atoms. The quantitative estimate of drug-likeness (QED) is 0.814. The first kappa shape index (κ1) is 17.3. The van der Waals surface area contributed by atoms with Crippen LogP contribution >= 0.6 is 0 Å². The van der Waals surface area contributed by atoms with E-state index in [9.17, 15) is 9.59 Å². The van der Waals surface area contributed by atoms with E-state index in [2.05, 4.69) is 26.1 Å². The van der Waals surface area contributed by atoms with E-state index < -0.39 is 0 Å². The van der Waals surface area contributed by atoms with Gasteiger partial charge in [-0.1, -0.05) is 32.9 Å². The molecule has 0 atom stereocenters. The summed E-state index contributed by atoms with van der Waals surface area (Å²) in [5.41, 5.74) is 1.82. The lowest BCUT2D eigenvalue weighted by molar-refractivity contribution is -0.122. The van der Waals surface area contributed by atoms with Crippen molar-refractivity contribution < 1.29 is 4.79 Å². The summed E-state index contributed by atoms with van der Waals surface area (Å²) >= 11 is 0. The molecule has 2 rings (SSSR count).